The van der Waals surface area contributed by atoms with Crippen molar-refractivity contribution in [2.45, 2.75) is 37.6 Å². The second-order valence-electron chi connectivity index (χ2n) is 6.37. The predicted molar refractivity (Wildman–Crippen MR) is 93.9 cm³/mol. The van der Waals surface area contributed by atoms with Crippen LogP contribution in [-0.2, 0) is 0 Å². The summed E-state index contributed by atoms with van der Waals surface area (Å²) in [6.07, 6.45) is 4.17. The molecule has 2 amide bonds. The average Bonchev–Trinajstić information content (AvgIpc) is 2.63. The van der Waals surface area contributed by atoms with Crippen molar-refractivity contribution in [3.8, 4) is 0 Å². The summed E-state index contributed by atoms with van der Waals surface area (Å²) in [7, 11) is 0. The van der Waals surface area contributed by atoms with E-state index in [9.17, 15) is 9.59 Å². The SMILES string of the molecule is NC(=O)c1ccc(C(=O)NC2CCC(c3ccccc3)CC2)cc1. The minimum atomic E-state index is -0.485. The molecule has 1 saturated carbocycles. The number of rotatable bonds is 4. The smallest absolute Gasteiger partial charge is 0.251 e. The normalized spacial score (nSPS) is 20.3. The molecule has 1 aliphatic carbocycles. The summed E-state index contributed by atoms with van der Waals surface area (Å²) in [6, 6.07) is 17.3. The lowest BCUT2D eigenvalue weighted by atomic mass is 9.82. The number of hydrogen-bond donors (Lipinski definition) is 2. The molecule has 2 aromatic carbocycles. The molecule has 1 aliphatic rings. The monoisotopic (exact) mass is 322 g/mol. The summed E-state index contributed by atoms with van der Waals surface area (Å²) in [6.45, 7) is 0. The lowest BCUT2D eigenvalue weighted by molar-refractivity contribution is 0.0924. The molecule has 0 aliphatic heterocycles. The number of hydrogen-bond acceptors (Lipinski definition) is 2. The summed E-state index contributed by atoms with van der Waals surface area (Å²) in [5.41, 5.74) is 7.58. The highest BCUT2D eigenvalue weighted by Gasteiger charge is 2.23. The summed E-state index contributed by atoms with van der Waals surface area (Å²) in [5, 5.41) is 3.10. The molecule has 2 aromatic rings. The number of nitrogens with one attached hydrogen (secondary N) is 1. The van der Waals surface area contributed by atoms with Crippen LogP contribution in [0.5, 0.6) is 0 Å². The molecule has 0 spiro atoms. The minimum Gasteiger partial charge on any atom is -0.366 e. The van der Waals surface area contributed by atoms with Crippen molar-refractivity contribution < 1.29 is 9.59 Å². The summed E-state index contributed by atoms with van der Waals surface area (Å²) >= 11 is 0. The average molecular weight is 322 g/mol. The van der Waals surface area contributed by atoms with Gasteiger partial charge in [-0.2, -0.15) is 0 Å². The van der Waals surface area contributed by atoms with Crippen LogP contribution < -0.4 is 11.1 Å². The van der Waals surface area contributed by atoms with Gasteiger partial charge in [-0.15, -0.1) is 0 Å². The van der Waals surface area contributed by atoms with E-state index in [-0.39, 0.29) is 11.9 Å². The van der Waals surface area contributed by atoms with Gasteiger partial charge < -0.3 is 11.1 Å². The first kappa shape index (κ1) is 16.2. The van der Waals surface area contributed by atoms with Crippen LogP contribution in [0.4, 0.5) is 0 Å². The van der Waals surface area contributed by atoms with Crippen molar-refractivity contribution in [2.75, 3.05) is 0 Å². The van der Waals surface area contributed by atoms with E-state index < -0.39 is 5.91 Å². The van der Waals surface area contributed by atoms with Crippen molar-refractivity contribution in [2.24, 2.45) is 5.73 Å². The van der Waals surface area contributed by atoms with Gasteiger partial charge in [-0.05, 0) is 61.4 Å². The Balaban J connectivity index is 1.54. The molecule has 1 fully saturated rings. The van der Waals surface area contributed by atoms with Crippen LogP contribution >= 0.6 is 0 Å². The predicted octanol–water partition coefficient (Wildman–Crippen LogP) is 3.24. The van der Waals surface area contributed by atoms with E-state index in [2.05, 4.69) is 29.6 Å². The van der Waals surface area contributed by atoms with Crippen LogP contribution in [0, 0.1) is 0 Å². The Bertz CT molecular complexity index is 702. The van der Waals surface area contributed by atoms with Gasteiger partial charge in [0.25, 0.3) is 5.91 Å². The number of nitrogens with two attached hydrogens (primary N) is 1. The Kier molecular flexibility index (Phi) is 4.94. The molecule has 0 saturated heterocycles. The van der Waals surface area contributed by atoms with Gasteiger partial charge >= 0.3 is 0 Å². The van der Waals surface area contributed by atoms with Crippen LogP contribution in [0.25, 0.3) is 0 Å². The van der Waals surface area contributed by atoms with E-state index in [0.29, 0.717) is 17.0 Å². The molecular formula is C20H22N2O2. The number of benzene rings is 2. The summed E-state index contributed by atoms with van der Waals surface area (Å²) < 4.78 is 0. The fourth-order valence-electron chi connectivity index (χ4n) is 3.35. The quantitative estimate of drug-likeness (QED) is 0.907. The third-order valence-electron chi connectivity index (χ3n) is 4.76. The van der Waals surface area contributed by atoms with Crippen molar-refractivity contribution in [3.05, 3.63) is 71.3 Å². The lowest BCUT2D eigenvalue weighted by Crippen LogP contribution is -2.37. The fourth-order valence-corrected chi connectivity index (χ4v) is 3.35. The minimum absolute atomic E-state index is 0.0887. The fraction of sp³-hybridized carbons (Fsp3) is 0.300. The molecule has 4 heteroatoms. The lowest BCUT2D eigenvalue weighted by Gasteiger charge is -2.29. The van der Waals surface area contributed by atoms with E-state index in [0.717, 1.165) is 25.7 Å². The molecule has 0 unspecified atom stereocenters. The molecule has 0 atom stereocenters. The van der Waals surface area contributed by atoms with Crippen LogP contribution in [-0.4, -0.2) is 17.9 Å². The molecule has 0 heterocycles. The first-order valence-corrected chi connectivity index (χ1v) is 8.39. The van der Waals surface area contributed by atoms with Gasteiger partial charge in [0.05, 0.1) is 0 Å². The standard InChI is InChI=1S/C20H22N2O2/c21-19(23)16-6-8-17(9-7-16)20(24)22-18-12-10-15(11-13-18)14-4-2-1-3-5-14/h1-9,15,18H,10-13H2,(H2,21,23)(H,22,24). The van der Waals surface area contributed by atoms with Gasteiger partial charge in [0.2, 0.25) is 5.91 Å². The highest BCUT2D eigenvalue weighted by Crippen LogP contribution is 2.32. The van der Waals surface area contributed by atoms with Crippen molar-refractivity contribution in [1.29, 1.82) is 0 Å². The van der Waals surface area contributed by atoms with E-state index in [1.807, 2.05) is 6.07 Å². The van der Waals surface area contributed by atoms with Gasteiger partial charge in [-0.25, -0.2) is 0 Å². The Labute approximate surface area is 142 Å². The largest absolute Gasteiger partial charge is 0.366 e. The Morgan fingerprint density at radius 2 is 1.42 bits per heavy atom. The molecule has 3 rings (SSSR count). The van der Waals surface area contributed by atoms with Crippen molar-refractivity contribution >= 4 is 11.8 Å². The highest BCUT2D eigenvalue weighted by molar-refractivity contribution is 5.97. The number of carbonyl (C=O) groups excluding carboxylic acids is 2. The van der Waals surface area contributed by atoms with Crippen LogP contribution in [0.1, 0.15) is 57.9 Å². The Morgan fingerprint density at radius 3 is 2.00 bits per heavy atom. The zero-order valence-electron chi connectivity index (χ0n) is 13.6. The van der Waals surface area contributed by atoms with Crippen LogP contribution in [0.15, 0.2) is 54.6 Å². The maximum absolute atomic E-state index is 12.3. The molecule has 24 heavy (non-hydrogen) atoms. The Morgan fingerprint density at radius 1 is 0.833 bits per heavy atom. The Hall–Kier alpha value is -2.62. The van der Waals surface area contributed by atoms with E-state index in [4.69, 9.17) is 5.73 Å². The van der Waals surface area contributed by atoms with Gasteiger partial charge in [-0.3, -0.25) is 9.59 Å². The molecule has 3 N–H and O–H groups in total. The molecular weight excluding hydrogens is 300 g/mol. The molecule has 0 bridgehead atoms. The third kappa shape index (κ3) is 3.82. The van der Waals surface area contributed by atoms with Gasteiger partial charge in [0.1, 0.15) is 0 Å². The topological polar surface area (TPSA) is 72.2 Å². The second-order valence-corrected chi connectivity index (χ2v) is 6.37. The van der Waals surface area contributed by atoms with E-state index in [1.165, 1.54) is 5.56 Å². The van der Waals surface area contributed by atoms with Gasteiger partial charge in [-0.1, -0.05) is 30.3 Å². The van der Waals surface area contributed by atoms with Crippen LogP contribution in [0.2, 0.25) is 0 Å². The van der Waals surface area contributed by atoms with E-state index in [1.54, 1.807) is 24.3 Å². The number of primary amides is 1. The van der Waals surface area contributed by atoms with Crippen molar-refractivity contribution in [1.82, 2.24) is 5.32 Å². The van der Waals surface area contributed by atoms with Crippen molar-refractivity contribution in [3.63, 3.8) is 0 Å². The molecule has 124 valence electrons. The highest BCUT2D eigenvalue weighted by atomic mass is 16.2. The molecule has 0 aromatic heterocycles. The zero-order chi connectivity index (χ0) is 16.9. The maximum atomic E-state index is 12.3. The zero-order valence-corrected chi connectivity index (χ0v) is 13.6. The first-order chi connectivity index (χ1) is 11.6. The third-order valence-corrected chi connectivity index (χ3v) is 4.76. The van der Waals surface area contributed by atoms with Gasteiger partial charge in [0.15, 0.2) is 0 Å². The second kappa shape index (κ2) is 7.30. The summed E-state index contributed by atoms with van der Waals surface area (Å²) in [4.78, 5) is 23.4. The number of amides is 2. The first-order valence-electron chi connectivity index (χ1n) is 8.39. The van der Waals surface area contributed by atoms with E-state index >= 15 is 0 Å². The number of carbonyl (C=O) groups is 2. The van der Waals surface area contributed by atoms with Gasteiger partial charge in [0, 0.05) is 17.2 Å². The van der Waals surface area contributed by atoms with Crippen LogP contribution in [0.3, 0.4) is 0 Å². The summed E-state index contributed by atoms with van der Waals surface area (Å²) in [5.74, 6) is 0.0181. The molecule has 4 nitrogen and oxygen atoms in total. The maximum Gasteiger partial charge on any atom is 0.251 e. The molecule has 0 radical (unpaired) electrons.